The van der Waals surface area contributed by atoms with Crippen LogP contribution in [0.2, 0.25) is 5.02 Å². The molecular weight excluding hydrogens is 296 g/mol. The van der Waals surface area contributed by atoms with Crippen molar-refractivity contribution in [2.75, 3.05) is 5.75 Å². The molecule has 1 aromatic heterocycles. The molecule has 2 heterocycles. The van der Waals surface area contributed by atoms with Gasteiger partial charge in [0, 0.05) is 5.02 Å². The number of aromatic nitrogens is 2. The second-order valence-electron chi connectivity index (χ2n) is 4.66. The molecule has 1 aliphatic rings. The molecule has 0 radical (unpaired) electrons. The van der Waals surface area contributed by atoms with Crippen LogP contribution < -0.4 is 5.56 Å². The normalized spacial score (nSPS) is 18.4. The Morgan fingerprint density at radius 3 is 2.95 bits per heavy atom. The van der Waals surface area contributed by atoms with E-state index in [-0.39, 0.29) is 22.3 Å². The maximum absolute atomic E-state index is 12.2. The largest absolute Gasteiger partial charge is 0.493 e. The summed E-state index contributed by atoms with van der Waals surface area (Å²) in [5, 5.41) is 10.8. The van der Waals surface area contributed by atoms with Gasteiger partial charge in [0.1, 0.15) is 11.4 Å². The Bertz CT molecular complexity index is 696. The summed E-state index contributed by atoms with van der Waals surface area (Å²) in [6.45, 7) is 0. The molecule has 0 aliphatic carbocycles. The predicted octanol–water partition coefficient (Wildman–Crippen LogP) is 3.36. The van der Waals surface area contributed by atoms with Crippen LogP contribution in [0.5, 0.6) is 5.88 Å². The molecule has 1 saturated heterocycles. The number of aromatic amines is 1. The maximum Gasteiger partial charge on any atom is 0.262 e. The molecule has 1 aromatic carbocycles. The fraction of sp³-hybridized carbons (Fsp3) is 0.286. The van der Waals surface area contributed by atoms with Crippen molar-refractivity contribution in [3.63, 3.8) is 0 Å². The fourth-order valence-corrected chi connectivity index (χ4v) is 3.74. The number of hydrogen-bond acceptors (Lipinski definition) is 4. The summed E-state index contributed by atoms with van der Waals surface area (Å²) in [4.78, 5) is 19.2. The Hall–Kier alpha value is -1.46. The van der Waals surface area contributed by atoms with Gasteiger partial charge in [-0.15, -0.1) is 0 Å². The maximum atomic E-state index is 12.2. The van der Waals surface area contributed by atoms with Crippen LogP contribution in [0.15, 0.2) is 29.1 Å². The van der Waals surface area contributed by atoms with E-state index in [0.29, 0.717) is 16.4 Å². The Labute approximate surface area is 125 Å². The van der Waals surface area contributed by atoms with Gasteiger partial charge in [0.2, 0.25) is 5.88 Å². The van der Waals surface area contributed by atoms with Gasteiger partial charge in [0.15, 0.2) is 0 Å². The first kappa shape index (κ1) is 13.5. The molecule has 2 aromatic rings. The Kier molecular flexibility index (Phi) is 3.72. The molecule has 20 heavy (non-hydrogen) atoms. The van der Waals surface area contributed by atoms with Gasteiger partial charge in [0.05, 0.1) is 5.25 Å². The van der Waals surface area contributed by atoms with E-state index >= 15 is 0 Å². The number of rotatable bonds is 2. The minimum atomic E-state index is -0.331. The lowest BCUT2D eigenvalue weighted by molar-refractivity contribution is 0.449. The highest BCUT2D eigenvalue weighted by molar-refractivity contribution is 7.99. The second kappa shape index (κ2) is 5.50. The average Bonchev–Trinajstić information content (AvgIpc) is 2.91. The molecule has 3 rings (SSSR count). The molecule has 0 spiro atoms. The van der Waals surface area contributed by atoms with Gasteiger partial charge in [-0.25, -0.2) is 0 Å². The van der Waals surface area contributed by atoms with Crippen molar-refractivity contribution < 1.29 is 5.11 Å². The van der Waals surface area contributed by atoms with Crippen LogP contribution in [0, 0.1) is 0 Å². The number of thioether (sulfide) groups is 1. The van der Waals surface area contributed by atoms with Crippen LogP contribution in [0.3, 0.4) is 0 Å². The number of benzene rings is 1. The topological polar surface area (TPSA) is 66.0 Å². The highest BCUT2D eigenvalue weighted by atomic mass is 35.5. The van der Waals surface area contributed by atoms with Crippen LogP contribution in [-0.4, -0.2) is 20.8 Å². The SMILES string of the molecule is O=c1[nH]c(C2CCCS2)nc(O)c1-c1cccc(Cl)c1. The fourth-order valence-electron chi connectivity index (χ4n) is 2.33. The molecule has 1 atom stereocenters. The Balaban J connectivity index is 2.07. The van der Waals surface area contributed by atoms with Crippen molar-refractivity contribution in [2.24, 2.45) is 0 Å². The zero-order valence-corrected chi connectivity index (χ0v) is 12.2. The first-order valence-electron chi connectivity index (χ1n) is 6.36. The van der Waals surface area contributed by atoms with E-state index in [1.165, 1.54) is 0 Å². The lowest BCUT2D eigenvalue weighted by atomic mass is 10.1. The summed E-state index contributed by atoms with van der Waals surface area (Å²) >= 11 is 7.67. The van der Waals surface area contributed by atoms with E-state index in [1.807, 2.05) is 0 Å². The van der Waals surface area contributed by atoms with E-state index in [9.17, 15) is 9.90 Å². The lowest BCUT2D eigenvalue weighted by Crippen LogP contribution is -2.15. The molecule has 0 saturated carbocycles. The predicted molar refractivity (Wildman–Crippen MR) is 81.4 cm³/mol. The zero-order chi connectivity index (χ0) is 14.1. The molecule has 1 aliphatic heterocycles. The van der Waals surface area contributed by atoms with E-state index in [4.69, 9.17) is 11.6 Å². The molecule has 6 heteroatoms. The summed E-state index contributed by atoms with van der Waals surface area (Å²) in [7, 11) is 0. The van der Waals surface area contributed by atoms with Crippen molar-refractivity contribution >= 4 is 23.4 Å². The highest BCUT2D eigenvalue weighted by Crippen LogP contribution is 2.38. The molecule has 2 N–H and O–H groups in total. The van der Waals surface area contributed by atoms with Gasteiger partial charge in [-0.2, -0.15) is 16.7 Å². The van der Waals surface area contributed by atoms with Crippen molar-refractivity contribution in [1.29, 1.82) is 0 Å². The number of nitrogens with zero attached hydrogens (tertiary/aromatic N) is 1. The number of halogens is 1. The van der Waals surface area contributed by atoms with E-state index in [0.717, 1.165) is 18.6 Å². The van der Waals surface area contributed by atoms with Crippen molar-refractivity contribution in [2.45, 2.75) is 18.1 Å². The van der Waals surface area contributed by atoms with Crippen molar-refractivity contribution in [1.82, 2.24) is 9.97 Å². The summed E-state index contributed by atoms with van der Waals surface area (Å²) in [6.07, 6.45) is 2.08. The summed E-state index contributed by atoms with van der Waals surface area (Å²) in [5.74, 6) is 1.38. The Morgan fingerprint density at radius 1 is 1.45 bits per heavy atom. The number of hydrogen-bond donors (Lipinski definition) is 2. The van der Waals surface area contributed by atoms with Crippen LogP contribution in [0.25, 0.3) is 11.1 Å². The summed E-state index contributed by atoms with van der Waals surface area (Å²) in [5.41, 5.74) is 0.399. The molecule has 1 fully saturated rings. The van der Waals surface area contributed by atoms with Gasteiger partial charge in [-0.1, -0.05) is 23.7 Å². The summed E-state index contributed by atoms with van der Waals surface area (Å²) in [6, 6.07) is 6.81. The van der Waals surface area contributed by atoms with E-state index in [2.05, 4.69) is 9.97 Å². The van der Waals surface area contributed by atoms with Gasteiger partial charge in [-0.3, -0.25) is 4.79 Å². The van der Waals surface area contributed by atoms with Crippen LogP contribution in [-0.2, 0) is 0 Å². The minimum Gasteiger partial charge on any atom is -0.493 e. The molecule has 0 amide bonds. The highest BCUT2D eigenvalue weighted by Gasteiger charge is 2.22. The van der Waals surface area contributed by atoms with Gasteiger partial charge >= 0.3 is 0 Å². The molecule has 0 bridgehead atoms. The monoisotopic (exact) mass is 308 g/mol. The minimum absolute atomic E-state index is 0.166. The third-order valence-electron chi connectivity index (χ3n) is 3.27. The first-order valence-corrected chi connectivity index (χ1v) is 7.78. The molecular formula is C14H13ClN2O2S. The first-order chi connectivity index (χ1) is 9.65. The van der Waals surface area contributed by atoms with Crippen LogP contribution >= 0.6 is 23.4 Å². The van der Waals surface area contributed by atoms with Crippen molar-refractivity contribution in [3.8, 4) is 17.0 Å². The average molecular weight is 309 g/mol. The molecule has 104 valence electrons. The third-order valence-corrected chi connectivity index (χ3v) is 4.89. The summed E-state index contributed by atoms with van der Waals surface area (Å²) < 4.78 is 0. The molecule has 1 unspecified atom stereocenters. The van der Waals surface area contributed by atoms with Gasteiger partial charge in [0.25, 0.3) is 5.56 Å². The lowest BCUT2D eigenvalue weighted by Gasteiger charge is -2.10. The third kappa shape index (κ3) is 2.55. The van der Waals surface area contributed by atoms with Crippen molar-refractivity contribution in [3.05, 3.63) is 45.5 Å². The van der Waals surface area contributed by atoms with Gasteiger partial charge in [-0.05, 0) is 36.3 Å². The second-order valence-corrected chi connectivity index (χ2v) is 6.41. The molecule has 4 nitrogen and oxygen atoms in total. The standard InChI is InChI=1S/C14H13ClN2O2S/c15-9-4-1-3-8(7-9)11-13(18)16-12(17-14(11)19)10-5-2-6-20-10/h1,3-4,7,10H,2,5-6H2,(H2,16,17,18,19). The zero-order valence-electron chi connectivity index (χ0n) is 10.6. The number of nitrogens with one attached hydrogen (secondary N) is 1. The van der Waals surface area contributed by atoms with Crippen LogP contribution in [0.4, 0.5) is 0 Å². The number of aromatic hydroxyl groups is 1. The quantitative estimate of drug-likeness (QED) is 0.892. The smallest absolute Gasteiger partial charge is 0.262 e. The van der Waals surface area contributed by atoms with Gasteiger partial charge < -0.3 is 10.1 Å². The van der Waals surface area contributed by atoms with Crippen LogP contribution in [0.1, 0.15) is 23.9 Å². The Morgan fingerprint density at radius 2 is 2.30 bits per heavy atom. The number of H-pyrrole nitrogens is 1. The van der Waals surface area contributed by atoms with E-state index < -0.39 is 0 Å². The van der Waals surface area contributed by atoms with E-state index in [1.54, 1.807) is 36.0 Å².